The van der Waals surface area contributed by atoms with Crippen LogP contribution >= 0.6 is 12.6 Å². The normalized spacial score (nSPS) is 20.8. The summed E-state index contributed by atoms with van der Waals surface area (Å²) < 4.78 is 5.71. The number of ether oxygens (including phenoxy) is 1. The van der Waals surface area contributed by atoms with Crippen molar-refractivity contribution >= 4 is 18.6 Å². The van der Waals surface area contributed by atoms with Crippen molar-refractivity contribution < 1.29 is 9.53 Å². The van der Waals surface area contributed by atoms with Gasteiger partial charge >= 0.3 is 5.97 Å². The molecule has 0 heterocycles. The van der Waals surface area contributed by atoms with Gasteiger partial charge in [-0.25, -0.2) is 0 Å². The van der Waals surface area contributed by atoms with Crippen molar-refractivity contribution in [2.75, 3.05) is 0 Å². The van der Waals surface area contributed by atoms with Gasteiger partial charge in [0.05, 0.1) is 0 Å². The third kappa shape index (κ3) is 15.4. The summed E-state index contributed by atoms with van der Waals surface area (Å²) in [6.45, 7) is 2.28. The van der Waals surface area contributed by atoms with Gasteiger partial charge in [-0.15, -0.1) is 0 Å². The first kappa shape index (κ1) is 24.9. The molecule has 0 aromatic heterocycles. The number of esters is 1. The summed E-state index contributed by atoms with van der Waals surface area (Å²) in [5.41, 5.74) is 0. The second-order valence-electron chi connectivity index (χ2n) is 8.62. The summed E-state index contributed by atoms with van der Waals surface area (Å²) in [4.78, 5) is 12.0. The molecule has 0 aliphatic heterocycles. The maximum Gasteiger partial charge on any atom is 0.306 e. The monoisotopic (exact) mass is 398 g/mol. The van der Waals surface area contributed by atoms with E-state index in [0.29, 0.717) is 11.7 Å². The molecule has 3 heteroatoms. The van der Waals surface area contributed by atoms with Crippen molar-refractivity contribution in [2.24, 2.45) is 0 Å². The van der Waals surface area contributed by atoms with Crippen LogP contribution in [-0.4, -0.2) is 17.3 Å². The van der Waals surface area contributed by atoms with E-state index in [2.05, 4.69) is 19.6 Å². The lowest BCUT2D eigenvalue weighted by Gasteiger charge is -2.22. The molecule has 0 amide bonds. The number of carbonyl (C=O) groups excluding carboxylic acids is 1. The Morgan fingerprint density at radius 1 is 0.741 bits per heavy atom. The minimum atomic E-state index is 0.0334. The lowest BCUT2D eigenvalue weighted by Crippen LogP contribution is -2.20. The third-order valence-corrected chi connectivity index (χ3v) is 6.43. The van der Waals surface area contributed by atoms with Crippen LogP contribution in [0, 0.1) is 0 Å². The molecule has 1 rings (SSSR count). The van der Waals surface area contributed by atoms with Crippen LogP contribution in [0.5, 0.6) is 0 Å². The van der Waals surface area contributed by atoms with Crippen molar-refractivity contribution in [3.05, 3.63) is 0 Å². The van der Waals surface area contributed by atoms with Crippen LogP contribution in [0.15, 0.2) is 0 Å². The van der Waals surface area contributed by atoms with Gasteiger partial charge < -0.3 is 4.74 Å². The zero-order chi connectivity index (χ0) is 19.6. The van der Waals surface area contributed by atoms with Gasteiger partial charge in [-0.2, -0.15) is 12.6 Å². The molecule has 0 aromatic rings. The summed E-state index contributed by atoms with van der Waals surface area (Å²) >= 11 is 4.58. The molecule has 0 N–H and O–H groups in total. The maximum atomic E-state index is 12.0. The predicted octanol–water partition coefficient (Wildman–Crippen LogP) is 8.03. The fourth-order valence-electron chi connectivity index (χ4n) is 4.10. The molecule has 1 aliphatic carbocycles. The standard InChI is InChI=1S/C24H46O2S/c1-2-3-4-5-6-7-8-9-10-11-12-13-14-21-24(25)26-22-17-15-19-23(27)20-16-18-22/h22-23,27H,2-21H2,1H3. The average molecular weight is 399 g/mol. The summed E-state index contributed by atoms with van der Waals surface area (Å²) in [6, 6.07) is 0. The Bertz CT molecular complexity index is 335. The first-order valence-electron chi connectivity index (χ1n) is 12.1. The lowest BCUT2D eigenvalue weighted by atomic mass is 9.98. The molecular formula is C24H46O2S. The second kappa shape index (κ2) is 17.9. The fourth-order valence-corrected chi connectivity index (χ4v) is 4.47. The zero-order valence-electron chi connectivity index (χ0n) is 18.1. The Kier molecular flexibility index (Phi) is 16.5. The number of unbranched alkanes of at least 4 members (excludes halogenated alkanes) is 12. The highest BCUT2D eigenvalue weighted by atomic mass is 32.1. The number of hydrogen-bond acceptors (Lipinski definition) is 3. The first-order valence-corrected chi connectivity index (χ1v) is 12.6. The Labute approximate surface area is 175 Å². The maximum absolute atomic E-state index is 12.0. The van der Waals surface area contributed by atoms with Gasteiger partial charge in [0, 0.05) is 11.7 Å². The number of carbonyl (C=O) groups is 1. The summed E-state index contributed by atoms with van der Waals surface area (Å²) in [5, 5.41) is 0.549. The van der Waals surface area contributed by atoms with Crippen LogP contribution in [0.25, 0.3) is 0 Å². The largest absolute Gasteiger partial charge is 0.462 e. The highest BCUT2D eigenvalue weighted by molar-refractivity contribution is 7.80. The molecule has 0 bridgehead atoms. The van der Waals surface area contributed by atoms with Gasteiger partial charge in [-0.05, 0) is 44.9 Å². The SMILES string of the molecule is CCCCCCCCCCCCCCCC(=O)OC1CCCC(S)CCC1. The summed E-state index contributed by atoms with van der Waals surface area (Å²) in [6.07, 6.45) is 24.9. The Hall–Kier alpha value is -0.180. The van der Waals surface area contributed by atoms with Crippen LogP contribution < -0.4 is 0 Å². The van der Waals surface area contributed by atoms with E-state index in [-0.39, 0.29) is 12.1 Å². The van der Waals surface area contributed by atoms with E-state index in [1.54, 1.807) is 0 Å². The molecule has 0 saturated heterocycles. The minimum absolute atomic E-state index is 0.0334. The topological polar surface area (TPSA) is 26.3 Å². The number of thiol groups is 1. The Morgan fingerprint density at radius 2 is 1.19 bits per heavy atom. The highest BCUT2D eigenvalue weighted by Gasteiger charge is 2.18. The van der Waals surface area contributed by atoms with Crippen molar-refractivity contribution in [2.45, 2.75) is 147 Å². The molecule has 1 saturated carbocycles. The fraction of sp³-hybridized carbons (Fsp3) is 0.958. The Balaban J connectivity index is 1.85. The number of rotatable bonds is 15. The van der Waals surface area contributed by atoms with E-state index < -0.39 is 0 Å². The van der Waals surface area contributed by atoms with Gasteiger partial charge in [0.15, 0.2) is 0 Å². The molecule has 0 spiro atoms. The van der Waals surface area contributed by atoms with Crippen molar-refractivity contribution in [3.8, 4) is 0 Å². The van der Waals surface area contributed by atoms with Crippen LogP contribution in [0.1, 0.15) is 135 Å². The van der Waals surface area contributed by atoms with Crippen LogP contribution in [0.2, 0.25) is 0 Å². The average Bonchev–Trinajstić information content (AvgIpc) is 2.63. The molecule has 0 unspecified atom stereocenters. The highest BCUT2D eigenvalue weighted by Crippen LogP contribution is 2.23. The van der Waals surface area contributed by atoms with Gasteiger partial charge in [-0.3, -0.25) is 4.79 Å². The Morgan fingerprint density at radius 3 is 1.67 bits per heavy atom. The molecular weight excluding hydrogens is 352 g/mol. The van der Waals surface area contributed by atoms with E-state index in [0.717, 1.165) is 44.9 Å². The van der Waals surface area contributed by atoms with Crippen molar-refractivity contribution in [3.63, 3.8) is 0 Å². The number of hydrogen-bond donors (Lipinski definition) is 1. The molecule has 160 valence electrons. The first-order chi connectivity index (χ1) is 13.2. The van der Waals surface area contributed by atoms with Crippen LogP contribution in [0.3, 0.4) is 0 Å². The summed E-state index contributed by atoms with van der Waals surface area (Å²) in [7, 11) is 0. The molecule has 2 nitrogen and oxygen atoms in total. The summed E-state index contributed by atoms with van der Waals surface area (Å²) in [5.74, 6) is 0.0334. The van der Waals surface area contributed by atoms with Gasteiger partial charge in [0.1, 0.15) is 6.10 Å². The van der Waals surface area contributed by atoms with E-state index in [4.69, 9.17) is 4.74 Å². The zero-order valence-corrected chi connectivity index (χ0v) is 19.0. The smallest absolute Gasteiger partial charge is 0.306 e. The van der Waals surface area contributed by atoms with E-state index >= 15 is 0 Å². The van der Waals surface area contributed by atoms with Crippen LogP contribution in [0.4, 0.5) is 0 Å². The van der Waals surface area contributed by atoms with E-state index in [1.807, 2.05) is 0 Å². The van der Waals surface area contributed by atoms with Crippen molar-refractivity contribution in [1.29, 1.82) is 0 Å². The lowest BCUT2D eigenvalue weighted by molar-refractivity contribution is -0.150. The van der Waals surface area contributed by atoms with Crippen molar-refractivity contribution in [1.82, 2.24) is 0 Å². The van der Waals surface area contributed by atoms with Gasteiger partial charge in [0.25, 0.3) is 0 Å². The molecule has 0 radical (unpaired) electrons. The van der Waals surface area contributed by atoms with Crippen LogP contribution in [-0.2, 0) is 9.53 Å². The quantitative estimate of drug-likeness (QED) is 0.172. The molecule has 1 aliphatic rings. The van der Waals surface area contributed by atoms with Gasteiger partial charge in [-0.1, -0.05) is 84.0 Å². The van der Waals surface area contributed by atoms with Gasteiger partial charge in [0.2, 0.25) is 0 Å². The minimum Gasteiger partial charge on any atom is -0.462 e. The second-order valence-corrected chi connectivity index (χ2v) is 9.35. The molecule has 1 fully saturated rings. The third-order valence-electron chi connectivity index (χ3n) is 5.91. The molecule has 27 heavy (non-hydrogen) atoms. The predicted molar refractivity (Wildman–Crippen MR) is 121 cm³/mol. The van der Waals surface area contributed by atoms with E-state index in [1.165, 1.54) is 77.0 Å². The molecule has 0 atom stereocenters. The van der Waals surface area contributed by atoms with E-state index in [9.17, 15) is 4.79 Å². The molecule has 0 aromatic carbocycles.